The van der Waals surface area contributed by atoms with Crippen molar-refractivity contribution >= 4 is 17.3 Å². The average Bonchev–Trinajstić information content (AvgIpc) is 3.12. The highest BCUT2D eigenvalue weighted by Crippen LogP contribution is 2.34. The largest absolute Gasteiger partial charge is 0.399 e. The van der Waals surface area contributed by atoms with Gasteiger partial charge in [-0.1, -0.05) is 47.1 Å². The van der Waals surface area contributed by atoms with Gasteiger partial charge in [0, 0.05) is 28.0 Å². The topological polar surface area (TPSA) is 77.8 Å². The third-order valence-corrected chi connectivity index (χ3v) is 4.07. The zero-order valence-electron chi connectivity index (χ0n) is 13.1. The van der Waals surface area contributed by atoms with Crippen molar-refractivity contribution in [2.75, 3.05) is 5.73 Å². The van der Waals surface area contributed by atoms with E-state index in [9.17, 15) is 0 Å². The number of pyridine rings is 1. The van der Waals surface area contributed by atoms with Crippen LogP contribution < -0.4 is 5.73 Å². The van der Waals surface area contributed by atoms with Gasteiger partial charge in [0.15, 0.2) is 0 Å². The van der Waals surface area contributed by atoms with E-state index < -0.39 is 0 Å². The van der Waals surface area contributed by atoms with Gasteiger partial charge in [-0.05, 0) is 30.3 Å². The quantitative estimate of drug-likeness (QED) is 0.543. The summed E-state index contributed by atoms with van der Waals surface area (Å²) in [5.74, 6) is 0.844. The van der Waals surface area contributed by atoms with E-state index in [0.717, 1.165) is 16.7 Å². The minimum absolute atomic E-state index is 0.375. The van der Waals surface area contributed by atoms with Crippen molar-refractivity contribution in [3.05, 3.63) is 71.9 Å². The second kappa shape index (κ2) is 6.37. The summed E-state index contributed by atoms with van der Waals surface area (Å²) in [7, 11) is 0. The van der Waals surface area contributed by atoms with E-state index in [4.69, 9.17) is 21.9 Å². The smallest absolute Gasteiger partial charge is 0.260 e. The molecule has 0 aliphatic heterocycles. The summed E-state index contributed by atoms with van der Waals surface area (Å²) < 4.78 is 5.46. The molecule has 4 rings (SSSR count). The van der Waals surface area contributed by atoms with Crippen molar-refractivity contribution in [2.45, 2.75) is 0 Å². The summed E-state index contributed by atoms with van der Waals surface area (Å²) in [6, 6.07) is 18.5. The SMILES string of the molecule is Nc1cccc(-c2noc(-c3cccnc3-c3ccccc3Cl)n2)c1. The minimum atomic E-state index is 0.375. The summed E-state index contributed by atoms with van der Waals surface area (Å²) >= 11 is 6.32. The number of nitrogens with two attached hydrogens (primary N) is 1. The lowest BCUT2D eigenvalue weighted by Gasteiger charge is -2.06. The van der Waals surface area contributed by atoms with Crippen LogP contribution in [0, 0.1) is 0 Å². The molecule has 6 heteroatoms. The molecule has 2 heterocycles. The highest BCUT2D eigenvalue weighted by atomic mass is 35.5. The summed E-state index contributed by atoms with van der Waals surface area (Å²) in [5.41, 5.74) is 9.47. The predicted octanol–water partition coefficient (Wildman–Crippen LogP) is 4.70. The Morgan fingerprint density at radius 1 is 0.920 bits per heavy atom. The molecule has 2 aromatic carbocycles. The van der Waals surface area contributed by atoms with Crippen LogP contribution in [0.1, 0.15) is 0 Å². The molecule has 0 saturated heterocycles. The van der Waals surface area contributed by atoms with Gasteiger partial charge in [0.2, 0.25) is 5.82 Å². The first-order chi connectivity index (χ1) is 12.2. The number of benzene rings is 2. The van der Waals surface area contributed by atoms with Gasteiger partial charge in [-0.15, -0.1) is 0 Å². The number of nitrogen functional groups attached to an aromatic ring is 1. The molecule has 2 aromatic heterocycles. The van der Waals surface area contributed by atoms with Crippen molar-refractivity contribution in [1.29, 1.82) is 0 Å². The number of hydrogen-bond acceptors (Lipinski definition) is 5. The van der Waals surface area contributed by atoms with Gasteiger partial charge in [-0.3, -0.25) is 4.98 Å². The standard InChI is InChI=1S/C19H13ClN4O/c20-16-9-2-1-7-14(16)17-15(8-4-10-22-17)19-23-18(24-25-19)12-5-3-6-13(21)11-12/h1-11H,21H2. The molecular weight excluding hydrogens is 336 g/mol. The highest BCUT2D eigenvalue weighted by molar-refractivity contribution is 6.33. The van der Waals surface area contributed by atoms with E-state index in [2.05, 4.69) is 15.1 Å². The molecular formula is C19H13ClN4O. The molecule has 25 heavy (non-hydrogen) atoms. The normalized spacial score (nSPS) is 10.8. The van der Waals surface area contributed by atoms with Crippen molar-refractivity contribution in [2.24, 2.45) is 0 Å². The monoisotopic (exact) mass is 348 g/mol. The lowest BCUT2D eigenvalue weighted by molar-refractivity contribution is 0.432. The zero-order valence-corrected chi connectivity index (χ0v) is 13.8. The predicted molar refractivity (Wildman–Crippen MR) is 97.8 cm³/mol. The molecule has 0 radical (unpaired) electrons. The lowest BCUT2D eigenvalue weighted by atomic mass is 10.1. The number of halogens is 1. The van der Waals surface area contributed by atoms with Crippen LogP contribution in [0.4, 0.5) is 5.69 Å². The molecule has 0 amide bonds. The Hall–Kier alpha value is -3.18. The number of aromatic nitrogens is 3. The number of rotatable bonds is 3. The fourth-order valence-electron chi connectivity index (χ4n) is 2.57. The van der Waals surface area contributed by atoms with Crippen LogP contribution in [0.25, 0.3) is 34.1 Å². The molecule has 0 saturated carbocycles. The van der Waals surface area contributed by atoms with Gasteiger partial charge < -0.3 is 10.3 Å². The van der Waals surface area contributed by atoms with Crippen LogP contribution >= 0.6 is 11.6 Å². The molecule has 0 atom stereocenters. The number of anilines is 1. The second-order valence-electron chi connectivity index (χ2n) is 5.43. The summed E-state index contributed by atoms with van der Waals surface area (Å²) in [4.78, 5) is 8.94. The van der Waals surface area contributed by atoms with Gasteiger partial charge in [0.1, 0.15) is 0 Å². The van der Waals surface area contributed by atoms with Gasteiger partial charge >= 0.3 is 0 Å². The molecule has 4 aromatic rings. The molecule has 5 nitrogen and oxygen atoms in total. The summed E-state index contributed by atoms with van der Waals surface area (Å²) in [6.45, 7) is 0. The molecule has 0 bridgehead atoms. The molecule has 0 aliphatic carbocycles. The average molecular weight is 349 g/mol. The first-order valence-corrected chi connectivity index (χ1v) is 8.00. The first-order valence-electron chi connectivity index (χ1n) is 7.62. The second-order valence-corrected chi connectivity index (χ2v) is 5.84. The van der Waals surface area contributed by atoms with E-state index in [-0.39, 0.29) is 0 Å². The first kappa shape index (κ1) is 15.4. The lowest BCUT2D eigenvalue weighted by Crippen LogP contribution is -1.90. The Balaban J connectivity index is 1.81. The van der Waals surface area contributed by atoms with Crippen molar-refractivity contribution in [3.8, 4) is 34.1 Å². The van der Waals surface area contributed by atoms with E-state index in [0.29, 0.717) is 28.1 Å². The van der Waals surface area contributed by atoms with Crippen molar-refractivity contribution in [3.63, 3.8) is 0 Å². The van der Waals surface area contributed by atoms with E-state index in [1.807, 2.05) is 48.5 Å². The fourth-order valence-corrected chi connectivity index (χ4v) is 2.80. The minimum Gasteiger partial charge on any atom is -0.399 e. The fraction of sp³-hybridized carbons (Fsp3) is 0. The Morgan fingerprint density at radius 3 is 2.60 bits per heavy atom. The van der Waals surface area contributed by atoms with Gasteiger partial charge in [-0.25, -0.2) is 0 Å². The molecule has 0 aliphatic rings. The maximum Gasteiger partial charge on any atom is 0.260 e. The molecule has 122 valence electrons. The van der Waals surface area contributed by atoms with Crippen molar-refractivity contribution < 1.29 is 4.52 Å². The highest BCUT2D eigenvalue weighted by Gasteiger charge is 2.17. The summed E-state index contributed by atoms with van der Waals surface area (Å²) in [6.07, 6.45) is 1.71. The summed E-state index contributed by atoms with van der Waals surface area (Å²) in [5, 5.41) is 4.67. The Morgan fingerprint density at radius 2 is 1.76 bits per heavy atom. The van der Waals surface area contributed by atoms with E-state index >= 15 is 0 Å². The Labute approximate surface area is 149 Å². The van der Waals surface area contributed by atoms with E-state index in [1.165, 1.54) is 0 Å². The Bertz CT molecular complexity index is 1040. The van der Waals surface area contributed by atoms with E-state index in [1.54, 1.807) is 18.3 Å². The van der Waals surface area contributed by atoms with Gasteiger partial charge in [-0.2, -0.15) is 4.98 Å². The van der Waals surface area contributed by atoms with Gasteiger partial charge in [0.25, 0.3) is 5.89 Å². The zero-order chi connectivity index (χ0) is 17.2. The van der Waals surface area contributed by atoms with Crippen molar-refractivity contribution in [1.82, 2.24) is 15.1 Å². The molecule has 0 fully saturated rings. The van der Waals surface area contributed by atoms with Crippen LogP contribution in [-0.4, -0.2) is 15.1 Å². The maximum absolute atomic E-state index is 6.32. The number of nitrogens with zero attached hydrogens (tertiary/aromatic N) is 3. The Kier molecular flexibility index (Phi) is 3.91. The van der Waals surface area contributed by atoms with Crippen LogP contribution in [0.5, 0.6) is 0 Å². The van der Waals surface area contributed by atoms with Crippen LogP contribution in [0.15, 0.2) is 71.4 Å². The third-order valence-electron chi connectivity index (χ3n) is 3.74. The number of hydrogen-bond donors (Lipinski definition) is 1. The van der Waals surface area contributed by atoms with Crippen LogP contribution in [0.3, 0.4) is 0 Å². The van der Waals surface area contributed by atoms with Gasteiger partial charge in [0.05, 0.1) is 11.3 Å². The maximum atomic E-state index is 6.32. The van der Waals surface area contributed by atoms with Crippen LogP contribution in [0.2, 0.25) is 5.02 Å². The molecule has 0 unspecified atom stereocenters. The van der Waals surface area contributed by atoms with Crippen LogP contribution in [-0.2, 0) is 0 Å². The molecule has 0 spiro atoms. The third kappa shape index (κ3) is 2.97. The molecule has 2 N–H and O–H groups in total.